The molecular formula is C26H22F3N5O2S. The first-order chi connectivity index (χ1) is 17.6. The molecule has 1 aliphatic heterocycles. The Morgan fingerprint density at radius 3 is 2.68 bits per heavy atom. The molecule has 190 valence electrons. The van der Waals surface area contributed by atoms with Crippen molar-refractivity contribution in [2.45, 2.75) is 30.8 Å². The Morgan fingerprint density at radius 2 is 2.05 bits per heavy atom. The Balaban J connectivity index is 1.71. The third kappa shape index (κ3) is 5.45. The Bertz CT molecular complexity index is 1400. The number of pyridine rings is 2. The average molecular weight is 526 g/mol. The number of thioether (sulfide) groups is 1. The average Bonchev–Trinajstić information content (AvgIpc) is 3.26. The van der Waals surface area contributed by atoms with Gasteiger partial charge in [0.25, 0.3) is 5.91 Å². The highest BCUT2D eigenvalue weighted by Crippen LogP contribution is 2.34. The lowest BCUT2D eigenvalue weighted by molar-refractivity contribution is -0.141. The number of amides is 1. The van der Waals surface area contributed by atoms with Crippen LogP contribution in [0.25, 0.3) is 5.57 Å². The van der Waals surface area contributed by atoms with Crippen molar-refractivity contribution in [1.82, 2.24) is 9.97 Å². The molecule has 0 saturated heterocycles. The lowest BCUT2D eigenvalue weighted by Gasteiger charge is -2.25. The molecule has 3 heterocycles. The third-order valence-corrected chi connectivity index (χ3v) is 6.59. The van der Waals surface area contributed by atoms with Crippen molar-refractivity contribution >= 4 is 34.6 Å². The first kappa shape index (κ1) is 26.2. The van der Waals surface area contributed by atoms with Gasteiger partial charge in [-0.1, -0.05) is 12.1 Å². The van der Waals surface area contributed by atoms with Crippen LogP contribution >= 0.6 is 11.8 Å². The van der Waals surface area contributed by atoms with Crippen molar-refractivity contribution in [2.75, 3.05) is 23.5 Å². The number of carbonyl (C=O) groups excluding carboxylic acids is 1. The number of ether oxygens (including phenoxy) is 1. The van der Waals surface area contributed by atoms with Gasteiger partial charge in [-0.25, -0.2) is 4.98 Å². The van der Waals surface area contributed by atoms with E-state index in [-0.39, 0.29) is 24.8 Å². The SMILES string of the molecule is CSc1ncccc1N(Cc1ccc(C2=C(C#N)C(C)OC2)c(N)c1)C(=O)c1ccc(C(F)(F)F)nc1. The maximum atomic E-state index is 13.5. The second-order valence-corrected chi connectivity index (χ2v) is 9.03. The lowest BCUT2D eigenvalue weighted by atomic mass is 9.97. The van der Waals surface area contributed by atoms with Crippen molar-refractivity contribution in [2.24, 2.45) is 0 Å². The Hall–Kier alpha value is -3.88. The molecule has 0 bridgehead atoms. The number of nitrogens with zero attached hydrogens (tertiary/aromatic N) is 4. The minimum absolute atomic E-state index is 0.00518. The fourth-order valence-corrected chi connectivity index (χ4v) is 4.57. The summed E-state index contributed by atoms with van der Waals surface area (Å²) in [5, 5.41) is 10.1. The maximum Gasteiger partial charge on any atom is 0.433 e. The number of rotatable bonds is 6. The van der Waals surface area contributed by atoms with Gasteiger partial charge in [-0.05, 0) is 49.1 Å². The van der Waals surface area contributed by atoms with Gasteiger partial charge in [0.15, 0.2) is 0 Å². The van der Waals surface area contributed by atoms with Gasteiger partial charge in [-0.3, -0.25) is 9.78 Å². The van der Waals surface area contributed by atoms with Gasteiger partial charge in [0.2, 0.25) is 0 Å². The Morgan fingerprint density at radius 1 is 1.27 bits per heavy atom. The van der Waals surface area contributed by atoms with E-state index in [9.17, 15) is 23.2 Å². The minimum atomic E-state index is -4.61. The molecule has 7 nitrogen and oxygen atoms in total. The van der Waals surface area contributed by atoms with Crippen molar-refractivity contribution < 1.29 is 22.7 Å². The molecule has 0 aliphatic carbocycles. The summed E-state index contributed by atoms with van der Waals surface area (Å²) in [6, 6.07) is 12.7. The number of nitrogen functional groups attached to an aromatic ring is 1. The first-order valence-electron chi connectivity index (χ1n) is 11.1. The summed E-state index contributed by atoms with van der Waals surface area (Å²) in [5.41, 5.74) is 8.77. The number of alkyl halides is 3. The number of nitriles is 1. The van der Waals surface area contributed by atoms with Crippen molar-refractivity contribution in [3.8, 4) is 6.07 Å². The molecule has 0 spiro atoms. The van der Waals surface area contributed by atoms with Crippen LogP contribution in [0.5, 0.6) is 0 Å². The van der Waals surface area contributed by atoms with Crippen LogP contribution in [0.15, 0.2) is 65.5 Å². The molecule has 1 atom stereocenters. The van der Waals surface area contributed by atoms with E-state index in [2.05, 4.69) is 16.0 Å². The monoisotopic (exact) mass is 525 g/mol. The van der Waals surface area contributed by atoms with E-state index >= 15 is 0 Å². The summed E-state index contributed by atoms with van der Waals surface area (Å²) in [6.07, 6.45) is -0.609. The van der Waals surface area contributed by atoms with Gasteiger partial charge < -0.3 is 15.4 Å². The summed E-state index contributed by atoms with van der Waals surface area (Å²) in [4.78, 5) is 22.7. The standard InChI is InChI=1S/C26H22F3N5O2S/c1-15-19(11-30)20(14-36-15)18-7-5-16(10-21(18)31)13-34(22-4-3-9-32-24(22)37-2)25(35)17-6-8-23(33-12-17)26(27,28)29/h3-10,12,15H,13-14,31H2,1-2H3. The molecule has 4 rings (SSSR count). The highest BCUT2D eigenvalue weighted by molar-refractivity contribution is 7.98. The summed E-state index contributed by atoms with van der Waals surface area (Å²) in [6.45, 7) is 2.14. The molecule has 2 aromatic heterocycles. The minimum Gasteiger partial charge on any atom is -0.398 e. The molecule has 1 amide bonds. The number of carbonyl (C=O) groups is 1. The fourth-order valence-electron chi connectivity index (χ4n) is 4.02. The van der Waals surface area contributed by atoms with Gasteiger partial charge in [-0.15, -0.1) is 11.8 Å². The summed E-state index contributed by atoms with van der Waals surface area (Å²) in [7, 11) is 0. The van der Waals surface area contributed by atoms with Gasteiger partial charge >= 0.3 is 6.18 Å². The number of aromatic nitrogens is 2. The summed E-state index contributed by atoms with van der Waals surface area (Å²) < 4.78 is 44.5. The van der Waals surface area contributed by atoms with Crippen LogP contribution in [0.1, 0.15) is 34.1 Å². The summed E-state index contributed by atoms with van der Waals surface area (Å²) >= 11 is 1.33. The second kappa shape index (κ2) is 10.6. The largest absolute Gasteiger partial charge is 0.433 e. The number of anilines is 2. The zero-order chi connectivity index (χ0) is 26.7. The van der Waals surface area contributed by atoms with Crippen LogP contribution < -0.4 is 10.6 Å². The van der Waals surface area contributed by atoms with E-state index in [0.717, 1.165) is 23.9 Å². The number of hydrogen-bond acceptors (Lipinski definition) is 7. The quantitative estimate of drug-likeness (QED) is 0.342. The highest BCUT2D eigenvalue weighted by Gasteiger charge is 2.33. The van der Waals surface area contributed by atoms with Crippen LogP contribution in [-0.4, -0.2) is 34.8 Å². The number of halogens is 3. The molecule has 37 heavy (non-hydrogen) atoms. The zero-order valence-corrected chi connectivity index (χ0v) is 20.7. The molecule has 0 saturated carbocycles. The number of hydrogen-bond donors (Lipinski definition) is 1. The smallest absolute Gasteiger partial charge is 0.398 e. The van der Waals surface area contributed by atoms with Crippen LogP contribution in [-0.2, 0) is 17.5 Å². The van der Waals surface area contributed by atoms with Gasteiger partial charge in [0, 0.05) is 29.2 Å². The van der Waals surface area contributed by atoms with Crippen molar-refractivity contribution in [3.05, 3.63) is 82.8 Å². The molecule has 1 aromatic carbocycles. The van der Waals surface area contributed by atoms with Crippen LogP contribution in [0.2, 0.25) is 0 Å². The van der Waals surface area contributed by atoms with E-state index < -0.39 is 17.8 Å². The molecular weight excluding hydrogens is 503 g/mol. The fraction of sp³-hybridized carbons (Fsp3) is 0.231. The number of nitrogens with two attached hydrogens (primary N) is 1. The van der Waals surface area contributed by atoms with Crippen LogP contribution in [0, 0.1) is 11.3 Å². The zero-order valence-electron chi connectivity index (χ0n) is 19.9. The van der Waals surface area contributed by atoms with Crippen molar-refractivity contribution in [3.63, 3.8) is 0 Å². The molecule has 1 unspecified atom stereocenters. The van der Waals surface area contributed by atoms with Crippen molar-refractivity contribution in [1.29, 1.82) is 5.26 Å². The molecule has 0 radical (unpaired) electrons. The highest BCUT2D eigenvalue weighted by atomic mass is 32.2. The van der Waals surface area contributed by atoms with E-state index in [1.54, 1.807) is 43.5 Å². The predicted octanol–water partition coefficient (Wildman–Crippen LogP) is 5.34. The van der Waals surface area contributed by atoms with Crippen LogP contribution in [0.3, 0.4) is 0 Å². The first-order valence-corrected chi connectivity index (χ1v) is 12.3. The third-order valence-electron chi connectivity index (χ3n) is 5.89. The molecule has 3 aromatic rings. The molecule has 11 heteroatoms. The van der Waals surface area contributed by atoms with Crippen LogP contribution in [0.4, 0.5) is 24.5 Å². The molecule has 2 N–H and O–H groups in total. The van der Waals surface area contributed by atoms with E-state index in [4.69, 9.17) is 10.5 Å². The maximum absolute atomic E-state index is 13.5. The number of benzene rings is 1. The normalized spacial score (nSPS) is 15.5. The second-order valence-electron chi connectivity index (χ2n) is 8.23. The van der Waals surface area contributed by atoms with E-state index in [1.165, 1.54) is 16.7 Å². The molecule has 1 aliphatic rings. The van der Waals surface area contributed by atoms with Gasteiger partial charge in [0.1, 0.15) is 10.7 Å². The Labute approximate surface area is 215 Å². The van der Waals surface area contributed by atoms with Gasteiger partial charge in [0.05, 0.1) is 42.1 Å². The predicted molar refractivity (Wildman–Crippen MR) is 135 cm³/mol. The van der Waals surface area contributed by atoms with E-state index in [0.29, 0.717) is 33.1 Å². The lowest BCUT2D eigenvalue weighted by Crippen LogP contribution is -2.31. The topological polar surface area (TPSA) is 105 Å². The van der Waals surface area contributed by atoms with E-state index in [1.807, 2.05) is 6.26 Å². The van der Waals surface area contributed by atoms with Gasteiger partial charge in [-0.2, -0.15) is 18.4 Å². The molecule has 0 fully saturated rings. The Kier molecular flexibility index (Phi) is 7.52. The summed E-state index contributed by atoms with van der Waals surface area (Å²) in [5.74, 6) is -0.542.